The highest BCUT2D eigenvalue weighted by atomic mass is 16.5. The summed E-state index contributed by atoms with van der Waals surface area (Å²) in [6.07, 6.45) is 0. The van der Waals surface area contributed by atoms with Gasteiger partial charge in [-0.25, -0.2) is 9.78 Å². The van der Waals surface area contributed by atoms with E-state index in [-0.39, 0.29) is 5.97 Å². The van der Waals surface area contributed by atoms with Crippen molar-refractivity contribution in [2.45, 2.75) is 6.61 Å². The standard InChI is InChI=1S/C17H16N2O3/c1-21-10-11-4-3-5-12(8-11)16-18-14-7-6-13(17(20)22-2)9-15(14)19-16/h3-9H,10H2,1-2H3,(H,18,19). The predicted octanol–water partition coefficient (Wildman–Crippen LogP) is 3.16. The molecule has 0 radical (unpaired) electrons. The topological polar surface area (TPSA) is 64.2 Å². The number of esters is 1. The number of carbonyl (C=O) groups is 1. The number of nitrogens with zero attached hydrogens (tertiary/aromatic N) is 1. The monoisotopic (exact) mass is 296 g/mol. The van der Waals surface area contributed by atoms with E-state index < -0.39 is 0 Å². The van der Waals surface area contributed by atoms with E-state index in [0.29, 0.717) is 12.2 Å². The number of fused-ring (bicyclic) bond motifs is 1. The van der Waals surface area contributed by atoms with Gasteiger partial charge in [0.2, 0.25) is 0 Å². The van der Waals surface area contributed by atoms with Gasteiger partial charge in [0.25, 0.3) is 0 Å². The zero-order valence-corrected chi connectivity index (χ0v) is 12.4. The van der Waals surface area contributed by atoms with Gasteiger partial charge < -0.3 is 14.5 Å². The molecular weight excluding hydrogens is 280 g/mol. The Labute approximate surface area is 127 Å². The average molecular weight is 296 g/mol. The molecule has 22 heavy (non-hydrogen) atoms. The summed E-state index contributed by atoms with van der Waals surface area (Å²) in [5.41, 5.74) is 4.16. The lowest BCUT2D eigenvalue weighted by Crippen LogP contribution is -2.00. The maximum atomic E-state index is 11.6. The lowest BCUT2D eigenvalue weighted by atomic mass is 10.1. The van der Waals surface area contributed by atoms with E-state index in [1.807, 2.05) is 24.3 Å². The Kier molecular flexibility index (Phi) is 3.89. The van der Waals surface area contributed by atoms with E-state index in [2.05, 4.69) is 9.97 Å². The Balaban J connectivity index is 2.01. The third kappa shape index (κ3) is 2.71. The molecule has 0 bridgehead atoms. The fourth-order valence-corrected chi connectivity index (χ4v) is 2.37. The Hall–Kier alpha value is -2.66. The molecule has 1 heterocycles. The van der Waals surface area contributed by atoms with Gasteiger partial charge in [-0.15, -0.1) is 0 Å². The molecule has 0 fully saturated rings. The van der Waals surface area contributed by atoms with E-state index in [1.54, 1.807) is 25.3 Å². The molecule has 5 heteroatoms. The number of aromatic nitrogens is 2. The minimum atomic E-state index is -0.361. The smallest absolute Gasteiger partial charge is 0.337 e. The molecule has 0 aliphatic carbocycles. The summed E-state index contributed by atoms with van der Waals surface area (Å²) in [4.78, 5) is 19.4. The summed E-state index contributed by atoms with van der Waals surface area (Å²) in [7, 11) is 3.04. The third-order valence-electron chi connectivity index (χ3n) is 3.41. The Morgan fingerprint density at radius 2 is 2.05 bits per heavy atom. The number of aromatic amines is 1. The van der Waals surface area contributed by atoms with Crippen LogP contribution in [0.25, 0.3) is 22.4 Å². The summed E-state index contributed by atoms with van der Waals surface area (Å²) in [5.74, 6) is 0.398. The van der Waals surface area contributed by atoms with Crippen LogP contribution >= 0.6 is 0 Å². The Bertz CT molecular complexity index is 824. The van der Waals surface area contributed by atoms with E-state index in [0.717, 1.165) is 28.0 Å². The number of nitrogens with one attached hydrogen (secondary N) is 1. The highest BCUT2D eigenvalue weighted by Crippen LogP contribution is 2.22. The summed E-state index contributed by atoms with van der Waals surface area (Å²) in [6.45, 7) is 0.556. The van der Waals surface area contributed by atoms with E-state index >= 15 is 0 Å². The number of methoxy groups -OCH3 is 2. The van der Waals surface area contributed by atoms with Gasteiger partial charge in [0.15, 0.2) is 0 Å². The quantitative estimate of drug-likeness (QED) is 0.751. The van der Waals surface area contributed by atoms with Crippen molar-refractivity contribution in [2.24, 2.45) is 0 Å². The molecule has 112 valence electrons. The first-order valence-electron chi connectivity index (χ1n) is 6.87. The molecule has 0 saturated heterocycles. The van der Waals surface area contributed by atoms with E-state index in [9.17, 15) is 4.79 Å². The van der Waals surface area contributed by atoms with Gasteiger partial charge in [-0.05, 0) is 29.8 Å². The SMILES string of the molecule is COCc1cccc(-c2nc3ccc(C(=O)OC)cc3[nH]2)c1. The molecule has 3 aromatic rings. The number of hydrogen-bond donors (Lipinski definition) is 1. The first-order valence-corrected chi connectivity index (χ1v) is 6.87. The normalized spacial score (nSPS) is 10.8. The van der Waals surface area contributed by atoms with Crippen molar-refractivity contribution in [1.29, 1.82) is 0 Å². The van der Waals surface area contributed by atoms with E-state index in [4.69, 9.17) is 9.47 Å². The lowest BCUT2D eigenvalue weighted by molar-refractivity contribution is 0.0601. The van der Waals surface area contributed by atoms with Crippen molar-refractivity contribution in [3.05, 3.63) is 53.6 Å². The number of carbonyl (C=O) groups excluding carboxylic acids is 1. The number of ether oxygens (including phenoxy) is 2. The van der Waals surface area contributed by atoms with Gasteiger partial charge in [0.1, 0.15) is 5.82 Å². The third-order valence-corrected chi connectivity index (χ3v) is 3.41. The first-order chi connectivity index (χ1) is 10.7. The molecule has 0 amide bonds. The first kappa shape index (κ1) is 14.3. The van der Waals surface area contributed by atoms with Gasteiger partial charge in [0.05, 0.1) is 30.3 Å². The zero-order valence-electron chi connectivity index (χ0n) is 12.4. The second-order valence-corrected chi connectivity index (χ2v) is 4.94. The number of imidazole rings is 1. The molecule has 1 N–H and O–H groups in total. The molecule has 0 unspecified atom stereocenters. The predicted molar refractivity (Wildman–Crippen MR) is 83.6 cm³/mol. The number of hydrogen-bond acceptors (Lipinski definition) is 4. The Morgan fingerprint density at radius 1 is 1.18 bits per heavy atom. The van der Waals surface area contributed by atoms with Crippen LogP contribution in [0.5, 0.6) is 0 Å². The number of benzene rings is 2. The van der Waals surface area contributed by atoms with Crippen LogP contribution in [-0.2, 0) is 16.1 Å². The van der Waals surface area contributed by atoms with Crippen molar-refractivity contribution in [2.75, 3.05) is 14.2 Å². The maximum absolute atomic E-state index is 11.6. The fraction of sp³-hybridized carbons (Fsp3) is 0.176. The molecular formula is C17H16N2O3. The number of rotatable bonds is 4. The van der Waals surface area contributed by atoms with Gasteiger partial charge in [-0.1, -0.05) is 18.2 Å². The summed E-state index contributed by atoms with van der Waals surface area (Å²) >= 11 is 0. The van der Waals surface area contributed by atoms with Crippen LogP contribution in [0.15, 0.2) is 42.5 Å². The summed E-state index contributed by atoms with van der Waals surface area (Å²) in [6, 6.07) is 13.2. The molecule has 0 spiro atoms. The van der Waals surface area contributed by atoms with Crippen molar-refractivity contribution in [3.8, 4) is 11.4 Å². The zero-order chi connectivity index (χ0) is 15.5. The molecule has 5 nitrogen and oxygen atoms in total. The molecule has 0 saturated carbocycles. The molecule has 0 atom stereocenters. The highest BCUT2D eigenvalue weighted by Gasteiger charge is 2.10. The van der Waals surface area contributed by atoms with Gasteiger partial charge >= 0.3 is 5.97 Å². The molecule has 0 aliphatic rings. The fourth-order valence-electron chi connectivity index (χ4n) is 2.37. The average Bonchev–Trinajstić information content (AvgIpc) is 2.98. The second kappa shape index (κ2) is 5.99. The summed E-state index contributed by atoms with van der Waals surface area (Å²) in [5, 5.41) is 0. The van der Waals surface area contributed by atoms with Gasteiger partial charge in [0, 0.05) is 12.7 Å². The molecule has 0 aliphatic heterocycles. The van der Waals surface area contributed by atoms with Crippen molar-refractivity contribution < 1.29 is 14.3 Å². The van der Waals surface area contributed by atoms with Crippen LogP contribution in [0.1, 0.15) is 15.9 Å². The van der Waals surface area contributed by atoms with Crippen molar-refractivity contribution >= 4 is 17.0 Å². The van der Waals surface area contributed by atoms with E-state index in [1.165, 1.54) is 7.11 Å². The molecule has 3 rings (SSSR count). The highest BCUT2D eigenvalue weighted by molar-refractivity contribution is 5.94. The lowest BCUT2D eigenvalue weighted by Gasteiger charge is -2.01. The van der Waals surface area contributed by atoms with Crippen LogP contribution < -0.4 is 0 Å². The minimum absolute atomic E-state index is 0.361. The van der Waals surface area contributed by atoms with Crippen molar-refractivity contribution in [1.82, 2.24) is 9.97 Å². The molecule has 2 aromatic carbocycles. The van der Waals surface area contributed by atoms with Crippen LogP contribution in [0.2, 0.25) is 0 Å². The number of H-pyrrole nitrogens is 1. The second-order valence-electron chi connectivity index (χ2n) is 4.94. The van der Waals surface area contributed by atoms with Crippen LogP contribution in [0.4, 0.5) is 0 Å². The Morgan fingerprint density at radius 3 is 2.82 bits per heavy atom. The van der Waals surface area contributed by atoms with Crippen molar-refractivity contribution in [3.63, 3.8) is 0 Å². The molecule has 1 aromatic heterocycles. The van der Waals surface area contributed by atoms with Crippen LogP contribution in [0, 0.1) is 0 Å². The minimum Gasteiger partial charge on any atom is -0.465 e. The van der Waals surface area contributed by atoms with Gasteiger partial charge in [-0.2, -0.15) is 0 Å². The largest absolute Gasteiger partial charge is 0.465 e. The maximum Gasteiger partial charge on any atom is 0.337 e. The summed E-state index contributed by atoms with van der Waals surface area (Å²) < 4.78 is 9.88. The van der Waals surface area contributed by atoms with Gasteiger partial charge in [-0.3, -0.25) is 0 Å². The van der Waals surface area contributed by atoms with Crippen LogP contribution in [0.3, 0.4) is 0 Å². The van der Waals surface area contributed by atoms with Crippen LogP contribution in [-0.4, -0.2) is 30.2 Å².